The van der Waals surface area contributed by atoms with Crippen molar-refractivity contribution in [2.24, 2.45) is 10.7 Å². The standard InChI is InChI=1S/C23H28FN5O2.HI/c1-2-26-22(29-15-23(11-12-23)18-5-3-4-6-19(18)24)28-13-16-7-9-17(10-8-16)21(31)27-14-20(25)30;/h3-10H,2,11-15H2,1H3,(H2,25,30)(H,27,31)(H2,26,28,29);1H. The summed E-state index contributed by atoms with van der Waals surface area (Å²) in [7, 11) is 0. The lowest BCUT2D eigenvalue weighted by Crippen LogP contribution is -2.41. The summed E-state index contributed by atoms with van der Waals surface area (Å²) < 4.78 is 14.2. The molecule has 0 atom stereocenters. The van der Waals surface area contributed by atoms with Gasteiger partial charge in [-0.1, -0.05) is 30.3 Å². The summed E-state index contributed by atoms with van der Waals surface area (Å²) in [6.45, 7) is 3.53. The maximum atomic E-state index is 14.2. The minimum Gasteiger partial charge on any atom is -0.368 e. The molecule has 0 radical (unpaired) electrons. The second-order valence-corrected chi connectivity index (χ2v) is 7.65. The van der Waals surface area contributed by atoms with E-state index in [-0.39, 0.29) is 47.7 Å². The van der Waals surface area contributed by atoms with Crippen molar-refractivity contribution < 1.29 is 14.0 Å². The molecule has 2 aromatic carbocycles. The van der Waals surface area contributed by atoms with Crippen molar-refractivity contribution in [1.29, 1.82) is 0 Å². The first-order valence-electron chi connectivity index (χ1n) is 10.4. The van der Waals surface area contributed by atoms with Crippen LogP contribution in [-0.4, -0.2) is 37.4 Å². The number of rotatable bonds is 9. The second kappa shape index (κ2) is 11.8. The molecule has 0 bridgehead atoms. The molecule has 2 amide bonds. The molecule has 0 unspecified atom stereocenters. The van der Waals surface area contributed by atoms with Gasteiger partial charge in [0, 0.05) is 24.1 Å². The van der Waals surface area contributed by atoms with E-state index in [0.717, 1.165) is 24.0 Å². The van der Waals surface area contributed by atoms with E-state index in [2.05, 4.69) is 20.9 Å². The van der Waals surface area contributed by atoms with Crippen LogP contribution >= 0.6 is 24.0 Å². The van der Waals surface area contributed by atoms with Gasteiger partial charge >= 0.3 is 0 Å². The Bertz CT molecular complexity index is 961. The Hall–Kier alpha value is -2.69. The van der Waals surface area contributed by atoms with E-state index in [4.69, 9.17) is 5.73 Å². The Morgan fingerprint density at radius 3 is 2.34 bits per heavy atom. The Morgan fingerprint density at radius 1 is 1.06 bits per heavy atom. The van der Waals surface area contributed by atoms with Gasteiger partial charge in [-0.15, -0.1) is 24.0 Å². The fourth-order valence-electron chi connectivity index (χ4n) is 3.38. The summed E-state index contributed by atoms with van der Waals surface area (Å²) in [6, 6.07) is 13.9. The zero-order chi connectivity index (χ0) is 22.3. The van der Waals surface area contributed by atoms with Crippen LogP contribution in [-0.2, 0) is 16.8 Å². The normalized spacial score (nSPS) is 14.1. The molecule has 32 heavy (non-hydrogen) atoms. The molecule has 0 saturated heterocycles. The van der Waals surface area contributed by atoms with Crippen LogP contribution in [0.1, 0.15) is 41.3 Å². The number of nitrogens with two attached hydrogens (primary N) is 1. The van der Waals surface area contributed by atoms with Crippen molar-refractivity contribution in [2.75, 3.05) is 19.6 Å². The molecule has 1 aliphatic rings. The summed E-state index contributed by atoms with van der Waals surface area (Å²) in [5, 5.41) is 9.01. The molecule has 7 nitrogen and oxygen atoms in total. The first kappa shape index (κ1) is 25.6. The molecule has 0 aliphatic heterocycles. The minimum atomic E-state index is -0.592. The molecular formula is C23H29FIN5O2. The lowest BCUT2D eigenvalue weighted by atomic mass is 9.95. The lowest BCUT2D eigenvalue weighted by molar-refractivity contribution is -0.117. The topological polar surface area (TPSA) is 109 Å². The van der Waals surface area contributed by atoms with Gasteiger partial charge in [-0.05, 0) is 49.1 Å². The molecule has 2 aromatic rings. The number of benzene rings is 2. The monoisotopic (exact) mass is 553 g/mol. The number of aliphatic imine (C=N–C) groups is 1. The Labute approximate surface area is 204 Å². The summed E-state index contributed by atoms with van der Waals surface area (Å²) in [6.07, 6.45) is 1.89. The predicted octanol–water partition coefficient (Wildman–Crippen LogP) is 2.45. The first-order chi connectivity index (χ1) is 14.9. The van der Waals surface area contributed by atoms with Gasteiger partial charge in [-0.3, -0.25) is 9.59 Å². The number of hydrogen-bond acceptors (Lipinski definition) is 3. The van der Waals surface area contributed by atoms with E-state index in [1.165, 1.54) is 6.07 Å². The summed E-state index contributed by atoms with van der Waals surface area (Å²) in [5.41, 5.74) is 6.98. The highest BCUT2D eigenvalue weighted by Crippen LogP contribution is 2.48. The van der Waals surface area contributed by atoms with E-state index in [0.29, 0.717) is 31.2 Å². The zero-order valence-corrected chi connectivity index (χ0v) is 20.3. The van der Waals surface area contributed by atoms with E-state index in [9.17, 15) is 14.0 Å². The minimum absolute atomic E-state index is 0. The fraction of sp³-hybridized carbons (Fsp3) is 0.348. The number of nitrogens with zero attached hydrogens (tertiary/aromatic N) is 1. The van der Waals surface area contributed by atoms with Crippen LogP contribution in [0.25, 0.3) is 0 Å². The quantitative estimate of drug-likeness (QED) is 0.217. The average molecular weight is 553 g/mol. The number of nitrogens with one attached hydrogen (secondary N) is 3. The third-order valence-corrected chi connectivity index (χ3v) is 5.30. The van der Waals surface area contributed by atoms with E-state index in [1.807, 2.05) is 31.2 Å². The van der Waals surface area contributed by atoms with Gasteiger partial charge in [-0.2, -0.15) is 0 Å². The highest BCUT2D eigenvalue weighted by atomic mass is 127. The van der Waals surface area contributed by atoms with Crippen LogP contribution in [0.2, 0.25) is 0 Å². The zero-order valence-electron chi connectivity index (χ0n) is 18.0. The molecule has 0 aromatic heterocycles. The predicted molar refractivity (Wildman–Crippen MR) is 134 cm³/mol. The van der Waals surface area contributed by atoms with Crippen molar-refractivity contribution >= 4 is 41.8 Å². The summed E-state index contributed by atoms with van der Waals surface area (Å²) >= 11 is 0. The Balaban J connectivity index is 0.00000363. The molecular weight excluding hydrogens is 524 g/mol. The van der Waals surface area contributed by atoms with Crippen molar-refractivity contribution in [3.05, 3.63) is 71.0 Å². The number of halogens is 2. The van der Waals surface area contributed by atoms with Crippen LogP contribution in [0.5, 0.6) is 0 Å². The SMILES string of the molecule is CCNC(=NCc1ccc(C(=O)NCC(N)=O)cc1)NCC1(c2ccccc2F)CC1.I. The molecule has 9 heteroatoms. The number of amides is 2. The Morgan fingerprint density at radius 2 is 1.75 bits per heavy atom. The molecule has 3 rings (SSSR count). The maximum absolute atomic E-state index is 14.2. The maximum Gasteiger partial charge on any atom is 0.251 e. The van der Waals surface area contributed by atoms with Crippen molar-refractivity contribution in [3.63, 3.8) is 0 Å². The number of primary amides is 1. The van der Waals surface area contributed by atoms with Crippen LogP contribution in [0.3, 0.4) is 0 Å². The highest BCUT2D eigenvalue weighted by Gasteiger charge is 2.45. The van der Waals surface area contributed by atoms with Crippen molar-refractivity contribution in [1.82, 2.24) is 16.0 Å². The molecule has 1 saturated carbocycles. The Kier molecular flexibility index (Phi) is 9.42. The summed E-state index contributed by atoms with van der Waals surface area (Å²) in [4.78, 5) is 27.3. The van der Waals surface area contributed by atoms with E-state index >= 15 is 0 Å². The summed E-state index contributed by atoms with van der Waals surface area (Å²) in [5.74, 6) is -0.449. The molecule has 1 fully saturated rings. The highest BCUT2D eigenvalue weighted by molar-refractivity contribution is 14.0. The van der Waals surface area contributed by atoms with Gasteiger partial charge in [0.15, 0.2) is 5.96 Å². The van der Waals surface area contributed by atoms with Crippen LogP contribution in [0.4, 0.5) is 4.39 Å². The second-order valence-electron chi connectivity index (χ2n) is 7.65. The smallest absolute Gasteiger partial charge is 0.251 e. The largest absolute Gasteiger partial charge is 0.368 e. The average Bonchev–Trinajstić information content (AvgIpc) is 3.55. The number of carbonyl (C=O) groups is 2. The van der Waals surface area contributed by atoms with Gasteiger partial charge in [0.1, 0.15) is 5.82 Å². The lowest BCUT2D eigenvalue weighted by Gasteiger charge is -2.19. The molecule has 0 spiro atoms. The molecule has 172 valence electrons. The fourth-order valence-corrected chi connectivity index (χ4v) is 3.38. The van der Waals surface area contributed by atoms with Gasteiger partial charge in [0.2, 0.25) is 5.91 Å². The third kappa shape index (κ3) is 6.91. The first-order valence-corrected chi connectivity index (χ1v) is 10.4. The van der Waals surface area contributed by atoms with Crippen molar-refractivity contribution in [2.45, 2.75) is 31.7 Å². The third-order valence-electron chi connectivity index (χ3n) is 5.30. The van der Waals surface area contributed by atoms with Gasteiger partial charge in [0.05, 0.1) is 13.1 Å². The molecule has 0 heterocycles. The van der Waals surface area contributed by atoms with Gasteiger partial charge in [0.25, 0.3) is 5.91 Å². The van der Waals surface area contributed by atoms with E-state index in [1.54, 1.807) is 18.2 Å². The van der Waals surface area contributed by atoms with Crippen LogP contribution in [0, 0.1) is 5.82 Å². The number of hydrogen-bond donors (Lipinski definition) is 4. The van der Waals surface area contributed by atoms with Gasteiger partial charge < -0.3 is 21.7 Å². The molecule has 1 aliphatic carbocycles. The number of carbonyl (C=O) groups excluding carboxylic acids is 2. The van der Waals surface area contributed by atoms with Gasteiger partial charge in [-0.25, -0.2) is 9.38 Å². The van der Waals surface area contributed by atoms with Crippen LogP contribution < -0.4 is 21.7 Å². The van der Waals surface area contributed by atoms with Crippen molar-refractivity contribution in [3.8, 4) is 0 Å². The number of guanidine groups is 1. The molecule has 5 N–H and O–H groups in total. The van der Waals surface area contributed by atoms with Crippen LogP contribution in [0.15, 0.2) is 53.5 Å². The van der Waals surface area contributed by atoms with E-state index < -0.39 is 5.91 Å².